The average molecular weight is 465 g/mol. The van der Waals surface area contributed by atoms with Gasteiger partial charge in [-0.15, -0.1) is 0 Å². The topological polar surface area (TPSA) is 36.5 Å². The van der Waals surface area contributed by atoms with Gasteiger partial charge in [0.2, 0.25) is 0 Å². The van der Waals surface area contributed by atoms with Gasteiger partial charge in [-0.25, -0.2) is 0 Å². The van der Waals surface area contributed by atoms with Crippen LogP contribution in [0.5, 0.6) is 0 Å². The van der Waals surface area contributed by atoms with Crippen LogP contribution in [-0.2, 0) is 9.31 Å². The Labute approximate surface area is 212 Å². The molecule has 0 spiro atoms. The van der Waals surface area contributed by atoms with Crippen LogP contribution < -0.4 is 5.46 Å². The van der Waals surface area contributed by atoms with Gasteiger partial charge < -0.3 is 18.3 Å². The lowest BCUT2D eigenvalue weighted by atomic mass is 9.79. The number of furan rings is 1. The van der Waals surface area contributed by atoms with Crippen LogP contribution in [0.4, 0.5) is 0 Å². The molecule has 0 amide bonds. The molecule has 35 heavy (non-hydrogen) atoms. The molecule has 4 nitrogen and oxygen atoms in total. The predicted molar refractivity (Wildman–Crippen MR) is 144 cm³/mol. The number of fused-ring (bicyclic) bond motifs is 6. The maximum absolute atomic E-state index is 8.71. The third kappa shape index (κ3) is 2.95. The Bertz CT molecular complexity index is 2010. The van der Waals surface area contributed by atoms with Crippen molar-refractivity contribution >= 4 is 56.3 Å². The predicted octanol–water partition coefficient (Wildman–Crippen LogP) is 6.98. The standard InChI is InChI=1S/C30H26BNO3/c1-29(2)30(3,4)35-31(34-29)19-13-15-23-24-18-20(14-16-27(24)33-28(23)17-19)32-25-11-7-5-9-21(25)22-10-6-8-12-26(22)32/h5-18H,1-4H3/i5D,6D,9D,10D,11D,12D. The first-order valence-electron chi connectivity index (χ1n) is 14.6. The van der Waals surface area contributed by atoms with Crippen LogP contribution >= 0.6 is 0 Å². The molecular weight excluding hydrogens is 433 g/mol. The SMILES string of the molecule is [2H]c1cc([2H])c2c(c1[2H])c1c([2H])c([2H])cc([2H])c1n2-c1ccc2oc3cc(B4OC(C)(C)C(C)(C)O4)ccc3c2c1. The number of rotatable bonds is 2. The summed E-state index contributed by atoms with van der Waals surface area (Å²) in [6, 6.07) is 13.5. The van der Waals surface area contributed by atoms with E-state index >= 15 is 0 Å². The minimum Gasteiger partial charge on any atom is -0.456 e. The molecule has 0 aliphatic carbocycles. The van der Waals surface area contributed by atoms with E-state index in [9.17, 15) is 0 Å². The molecule has 1 aliphatic heterocycles. The monoisotopic (exact) mass is 465 g/mol. The van der Waals surface area contributed by atoms with Gasteiger partial charge in [0.15, 0.2) is 0 Å². The van der Waals surface area contributed by atoms with Crippen LogP contribution in [0.2, 0.25) is 0 Å². The average Bonchev–Trinajstić information content (AvgIpc) is 3.52. The number of hydrogen-bond donors (Lipinski definition) is 0. The smallest absolute Gasteiger partial charge is 0.456 e. The summed E-state index contributed by atoms with van der Waals surface area (Å²) in [5.41, 5.74) is 2.48. The molecule has 0 unspecified atom stereocenters. The fourth-order valence-corrected chi connectivity index (χ4v) is 4.82. The summed E-state index contributed by atoms with van der Waals surface area (Å²) in [6.07, 6.45) is 0. The van der Waals surface area contributed by atoms with E-state index in [0.717, 1.165) is 16.2 Å². The Kier molecular flexibility index (Phi) is 3.09. The third-order valence-corrected chi connectivity index (χ3v) is 7.39. The number of hydrogen-bond acceptors (Lipinski definition) is 3. The van der Waals surface area contributed by atoms with Crippen LogP contribution in [-0.4, -0.2) is 22.9 Å². The van der Waals surface area contributed by atoms with Gasteiger partial charge in [0.25, 0.3) is 0 Å². The Morgan fingerprint density at radius 2 is 1.37 bits per heavy atom. The number of benzene rings is 4. The van der Waals surface area contributed by atoms with Gasteiger partial charge in [0, 0.05) is 27.2 Å². The van der Waals surface area contributed by atoms with E-state index in [1.165, 1.54) is 12.1 Å². The van der Waals surface area contributed by atoms with Crippen molar-refractivity contribution in [3.05, 3.63) is 84.8 Å². The second-order valence-electron chi connectivity index (χ2n) is 10.0. The van der Waals surface area contributed by atoms with Gasteiger partial charge in [-0.05, 0) is 69.5 Å². The lowest BCUT2D eigenvalue weighted by Crippen LogP contribution is -2.41. The maximum atomic E-state index is 8.71. The Morgan fingerprint density at radius 3 is 2.03 bits per heavy atom. The number of aromatic nitrogens is 1. The minimum atomic E-state index is -0.529. The summed E-state index contributed by atoms with van der Waals surface area (Å²) < 4.78 is 71.4. The second-order valence-corrected chi connectivity index (χ2v) is 10.0. The van der Waals surface area contributed by atoms with Crippen molar-refractivity contribution in [1.82, 2.24) is 4.57 Å². The first-order chi connectivity index (χ1) is 19.3. The molecule has 1 fully saturated rings. The normalized spacial score (nSPS) is 19.7. The largest absolute Gasteiger partial charge is 0.494 e. The summed E-state index contributed by atoms with van der Waals surface area (Å²) in [6.45, 7) is 8.04. The molecule has 0 radical (unpaired) electrons. The van der Waals surface area contributed by atoms with Crippen molar-refractivity contribution < 1.29 is 22.0 Å². The van der Waals surface area contributed by atoms with Crippen LogP contribution in [0.25, 0.3) is 49.4 Å². The van der Waals surface area contributed by atoms with Crippen LogP contribution in [0.15, 0.2) is 89.2 Å². The summed E-state index contributed by atoms with van der Waals surface area (Å²) >= 11 is 0. The molecule has 172 valence electrons. The molecule has 0 saturated carbocycles. The molecule has 1 saturated heterocycles. The molecule has 0 atom stereocenters. The molecule has 5 heteroatoms. The zero-order valence-corrected chi connectivity index (χ0v) is 19.9. The lowest BCUT2D eigenvalue weighted by molar-refractivity contribution is 0.00578. The zero-order chi connectivity index (χ0) is 29.2. The van der Waals surface area contributed by atoms with Gasteiger partial charge in [0.1, 0.15) is 11.2 Å². The highest BCUT2D eigenvalue weighted by Crippen LogP contribution is 2.38. The Balaban J connectivity index is 1.46. The summed E-state index contributed by atoms with van der Waals surface area (Å²) in [5.74, 6) is 0. The van der Waals surface area contributed by atoms with Crippen molar-refractivity contribution in [2.24, 2.45) is 0 Å². The van der Waals surface area contributed by atoms with E-state index < -0.39 is 18.3 Å². The summed E-state index contributed by atoms with van der Waals surface area (Å²) in [5, 5.41) is 2.14. The van der Waals surface area contributed by atoms with Crippen LogP contribution in [0.3, 0.4) is 0 Å². The maximum Gasteiger partial charge on any atom is 0.494 e. The third-order valence-electron chi connectivity index (χ3n) is 7.39. The van der Waals surface area contributed by atoms with E-state index in [2.05, 4.69) is 0 Å². The molecule has 0 N–H and O–H groups in total. The number of nitrogens with zero attached hydrogens (tertiary/aromatic N) is 1. The van der Waals surface area contributed by atoms with E-state index in [0.29, 0.717) is 27.9 Å². The van der Waals surface area contributed by atoms with Crippen molar-refractivity contribution in [3.8, 4) is 5.69 Å². The first kappa shape index (κ1) is 15.5. The van der Waals surface area contributed by atoms with Gasteiger partial charge in [-0.1, -0.05) is 48.4 Å². The second kappa shape index (κ2) is 7.00. The molecular formula is C30H26BNO3. The molecule has 1 aliphatic rings. The quantitative estimate of drug-likeness (QED) is 0.259. The highest BCUT2D eigenvalue weighted by molar-refractivity contribution is 6.62. The molecule has 3 heterocycles. The summed E-state index contributed by atoms with van der Waals surface area (Å²) in [4.78, 5) is 0. The highest BCUT2D eigenvalue weighted by Gasteiger charge is 2.51. The fraction of sp³-hybridized carbons (Fsp3) is 0.200. The van der Waals surface area contributed by atoms with Crippen LogP contribution in [0, 0.1) is 0 Å². The minimum absolute atomic E-state index is 0.00623. The molecule has 0 bridgehead atoms. The van der Waals surface area contributed by atoms with Gasteiger partial charge >= 0.3 is 7.12 Å². The first-order valence-corrected chi connectivity index (χ1v) is 11.6. The van der Waals surface area contributed by atoms with E-state index in [4.69, 9.17) is 22.0 Å². The van der Waals surface area contributed by atoms with Crippen molar-refractivity contribution in [2.75, 3.05) is 0 Å². The van der Waals surface area contributed by atoms with Crippen LogP contribution in [0.1, 0.15) is 35.9 Å². The molecule has 2 aromatic heterocycles. The lowest BCUT2D eigenvalue weighted by Gasteiger charge is -2.32. The van der Waals surface area contributed by atoms with Gasteiger partial charge in [0.05, 0.1) is 30.5 Å². The molecule has 7 rings (SSSR count). The molecule has 6 aromatic rings. The Morgan fingerprint density at radius 1 is 0.714 bits per heavy atom. The number of para-hydroxylation sites is 2. The van der Waals surface area contributed by atoms with Crippen molar-refractivity contribution in [1.29, 1.82) is 0 Å². The fourth-order valence-electron chi connectivity index (χ4n) is 4.82. The van der Waals surface area contributed by atoms with Gasteiger partial charge in [-0.2, -0.15) is 0 Å². The van der Waals surface area contributed by atoms with Crippen molar-refractivity contribution in [3.63, 3.8) is 0 Å². The van der Waals surface area contributed by atoms with E-state index in [1.54, 1.807) is 4.57 Å². The van der Waals surface area contributed by atoms with Gasteiger partial charge in [-0.3, -0.25) is 0 Å². The zero-order valence-electron chi connectivity index (χ0n) is 25.9. The van der Waals surface area contributed by atoms with Crippen molar-refractivity contribution in [2.45, 2.75) is 38.9 Å². The Hall–Kier alpha value is -3.54. The van der Waals surface area contributed by atoms with E-state index in [-0.39, 0.29) is 47.0 Å². The molecule has 4 aromatic carbocycles. The highest BCUT2D eigenvalue weighted by atomic mass is 16.7. The summed E-state index contributed by atoms with van der Waals surface area (Å²) in [7, 11) is -0.529. The van der Waals surface area contributed by atoms with E-state index in [1.807, 2.05) is 64.1 Å².